The Labute approximate surface area is 174 Å². The lowest BCUT2D eigenvalue weighted by atomic mass is 9.97. The Morgan fingerprint density at radius 3 is 2.83 bits per heavy atom. The number of thiophene rings is 1. The summed E-state index contributed by atoms with van der Waals surface area (Å²) in [4.78, 5) is 17.0. The predicted molar refractivity (Wildman–Crippen MR) is 115 cm³/mol. The summed E-state index contributed by atoms with van der Waals surface area (Å²) >= 11 is 1.88. The topological polar surface area (TPSA) is 69.2 Å². The normalized spacial score (nSPS) is 16.0. The summed E-state index contributed by atoms with van der Waals surface area (Å²) in [5.41, 5.74) is 2.58. The van der Waals surface area contributed by atoms with Gasteiger partial charge in [0.2, 0.25) is 5.88 Å². The fourth-order valence-corrected chi connectivity index (χ4v) is 5.11. The van der Waals surface area contributed by atoms with Gasteiger partial charge in [-0.15, -0.1) is 11.3 Å². The van der Waals surface area contributed by atoms with Crippen LogP contribution in [0.4, 0.5) is 5.82 Å². The van der Waals surface area contributed by atoms with Crippen LogP contribution in [0.25, 0.3) is 10.2 Å². The Morgan fingerprint density at radius 2 is 2.03 bits per heavy atom. The van der Waals surface area contributed by atoms with Gasteiger partial charge in [0, 0.05) is 36.7 Å². The molecule has 0 aromatic carbocycles. The van der Waals surface area contributed by atoms with E-state index < -0.39 is 0 Å². The molecule has 1 N–H and O–H groups in total. The first-order valence-electron chi connectivity index (χ1n) is 10.4. The number of hydrogen-bond donors (Lipinski definition) is 1. The molecular formula is C22H26N4O2S. The van der Waals surface area contributed by atoms with Gasteiger partial charge in [0.25, 0.3) is 0 Å². The maximum absolute atomic E-state index is 5.55. The van der Waals surface area contributed by atoms with Gasteiger partial charge < -0.3 is 14.8 Å². The van der Waals surface area contributed by atoms with Crippen molar-refractivity contribution in [2.75, 3.05) is 25.6 Å². The third-order valence-corrected chi connectivity index (χ3v) is 6.76. The number of ether oxygens (including phenoxy) is 2. The quantitative estimate of drug-likeness (QED) is 0.552. The van der Waals surface area contributed by atoms with Crippen molar-refractivity contribution in [1.82, 2.24) is 15.0 Å². The zero-order valence-corrected chi connectivity index (χ0v) is 17.6. The molecule has 3 heterocycles. The van der Waals surface area contributed by atoms with Gasteiger partial charge in [0.1, 0.15) is 23.1 Å². The molecule has 29 heavy (non-hydrogen) atoms. The Bertz CT molecular complexity index is 998. The molecule has 152 valence electrons. The second-order valence-electron chi connectivity index (χ2n) is 7.80. The van der Waals surface area contributed by atoms with Crippen molar-refractivity contribution in [2.24, 2.45) is 0 Å². The van der Waals surface area contributed by atoms with Crippen LogP contribution in [0, 0.1) is 0 Å². The number of pyridine rings is 1. The standard InChI is InChI=1S/C22H26N4O2S/c1-27-10-11-28-18-9-6-14(12-23-18)13-24-21-19-16-4-2-3-5-17(16)29-22(19)26-20(25-21)15-7-8-15/h6,9,12,15H,2-5,7-8,10-11,13H2,1H3,(H,24,25,26). The Kier molecular flexibility index (Phi) is 5.33. The first-order chi connectivity index (χ1) is 14.3. The fourth-order valence-electron chi connectivity index (χ4n) is 3.84. The van der Waals surface area contributed by atoms with Crippen molar-refractivity contribution < 1.29 is 9.47 Å². The Morgan fingerprint density at radius 1 is 1.14 bits per heavy atom. The van der Waals surface area contributed by atoms with Crippen LogP contribution in [0.2, 0.25) is 0 Å². The number of rotatable bonds is 8. The first kappa shape index (κ1) is 18.8. The third kappa shape index (κ3) is 4.07. The molecule has 0 spiro atoms. The van der Waals surface area contributed by atoms with E-state index in [4.69, 9.17) is 19.4 Å². The van der Waals surface area contributed by atoms with Gasteiger partial charge in [-0.2, -0.15) is 0 Å². The minimum absolute atomic E-state index is 0.507. The second kappa shape index (κ2) is 8.24. The molecule has 0 aliphatic heterocycles. The van der Waals surface area contributed by atoms with Gasteiger partial charge in [-0.05, 0) is 49.7 Å². The van der Waals surface area contributed by atoms with Crippen molar-refractivity contribution in [2.45, 2.75) is 51.0 Å². The summed E-state index contributed by atoms with van der Waals surface area (Å²) in [6.07, 6.45) is 9.16. The summed E-state index contributed by atoms with van der Waals surface area (Å²) in [7, 11) is 1.66. The van der Waals surface area contributed by atoms with Gasteiger partial charge in [0.15, 0.2) is 0 Å². The van der Waals surface area contributed by atoms with Crippen molar-refractivity contribution in [3.63, 3.8) is 0 Å². The maximum atomic E-state index is 5.55. The first-order valence-corrected chi connectivity index (χ1v) is 11.3. The molecule has 5 rings (SSSR count). The predicted octanol–water partition coefficient (Wildman–Crippen LogP) is 4.48. The lowest BCUT2D eigenvalue weighted by Crippen LogP contribution is -2.07. The number of nitrogens with one attached hydrogen (secondary N) is 1. The average Bonchev–Trinajstić information content (AvgIpc) is 3.53. The Hall–Kier alpha value is -2.25. The highest BCUT2D eigenvalue weighted by Crippen LogP contribution is 2.43. The molecule has 2 aliphatic carbocycles. The summed E-state index contributed by atoms with van der Waals surface area (Å²) in [6, 6.07) is 3.95. The number of fused-ring (bicyclic) bond motifs is 3. The molecule has 7 heteroatoms. The van der Waals surface area contributed by atoms with Crippen molar-refractivity contribution in [3.05, 3.63) is 40.2 Å². The highest BCUT2D eigenvalue weighted by molar-refractivity contribution is 7.19. The van der Waals surface area contributed by atoms with E-state index in [-0.39, 0.29) is 0 Å². The van der Waals surface area contributed by atoms with Crippen LogP contribution < -0.4 is 10.1 Å². The molecule has 0 atom stereocenters. The van der Waals surface area contributed by atoms with E-state index in [9.17, 15) is 0 Å². The van der Waals surface area contributed by atoms with Crippen molar-refractivity contribution in [1.29, 1.82) is 0 Å². The fraction of sp³-hybridized carbons (Fsp3) is 0.500. The Balaban J connectivity index is 1.37. The molecule has 2 aliphatic rings. The molecule has 0 radical (unpaired) electrons. The van der Waals surface area contributed by atoms with E-state index in [1.807, 2.05) is 29.7 Å². The van der Waals surface area contributed by atoms with Gasteiger partial charge in [-0.1, -0.05) is 6.07 Å². The summed E-state index contributed by atoms with van der Waals surface area (Å²) < 4.78 is 10.5. The van der Waals surface area contributed by atoms with E-state index in [1.165, 1.54) is 47.9 Å². The zero-order chi connectivity index (χ0) is 19.6. The zero-order valence-electron chi connectivity index (χ0n) is 16.7. The van der Waals surface area contributed by atoms with E-state index in [1.54, 1.807) is 7.11 Å². The number of anilines is 1. The second-order valence-corrected chi connectivity index (χ2v) is 8.88. The summed E-state index contributed by atoms with van der Waals surface area (Å²) in [5, 5.41) is 4.84. The molecule has 1 saturated carbocycles. The monoisotopic (exact) mass is 410 g/mol. The van der Waals surface area contributed by atoms with E-state index in [2.05, 4.69) is 10.3 Å². The number of nitrogens with zero attached hydrogens (tertiary/aromatic N) is 3. The van der Waals surface area contributed by atoms with Crippen LogP contribution >= 0.6 is 11.3 Å². The lowest BCUT2D eigenvalue weighted by molar-refractivity contribution is 0.143. The lowest BCUT2D eigenvalue weighted by Gasteiger charge is -2.13. The highest BCUT2D eigenvalue weighted by atomic mass is 32.1. The number of hydrogen-bond acceptors (Lipinski definition) is 7. The van der Waals surface area contributed by atoms with Crippen LogP contribution in [-0.4, -0.2) is 35.3 Å². The van der Waals surface area contributed by atoms with E-state index in [0.29, 0.717) is 31.6 Å². The minimum atomic E-state index is 0.507. The molecule has 6 nitrogen and oxygen atoms in total. The van der Waals surface area contributed by atoms with Gasteiger partial charge >= 0.3 is 0 Å². The van der Waals surface area contributed by atoms with Crippen LogP contribution in [0.1, 0.15) is 53.4 Å². The minimum Gasteiger partial charge on any atom is -0.475 e. The van der Waals surface area contributed by atoms with Crippen LogP contribution in [0.5, 0.6) is 5.88 Å². The number of methoxy groups -OCH3 is 1. The SMILES string of the molecule is COCCOc1ccc(CNc2nc(C3CC3)nc3sc4c(c23)CCCC4)cn1. The van der Waals surface area contributed by atoms with Crippen LogP contribution in [0.15, 0.2) is 18.3 Å². The molecule has 0 amide bonds. The summed E-state index contributed by atoms with van der Waals surface area (Å²) in [5.74, 6) is 3.18. The maximum Gasteiger partial charge on any atom is 0.213 e. The van der Waals surface area contributed by atoms with Gasteiger partial charge in [0.05, 0.1) is 12.0 Å². The van der Waals surface area contributed by atoms with E-state index in [0.717, 1.165) is 28.5 Å². The smallest absolute Gasteiger partial charge is 0.213 e. The molecular weight excluding hydrogens is 384 g/mol. The van der Waals surface area contributed by atoms with Crippen molar-refractivity contribution >= 4 is 27.4 Å². The molecule has 0 unspecified atom stereocenters. The average molecular weight is 411 g/mol. The number of aryl methyl sites for hydroxylation is 2. The molecule has 0 bridgehead atoms. The third-order valence-electron chi connectivity index (χ3n) is 5.57. The molecule has 3 aromatic rings. The van der Waals surface area contributed by atoms with Crippen molar-refractivity contribution in [3.8, 4) is 5.88 Å². The van der Waals surface area contributed by atoms with Crippen LogP contribution in [-0.2, 0) is 24.1 Å². The van der Waals surface area contributed by atoms with Gasteiger partial charge in [-0.3, -0.25) is 0 Å². The molecule has 0 saturated heterocycles. The molecule has 3 aromatic heterocycles. The number of aromatic nitrogens is 3. The van der Waals surface area contributed by atoms with E-state index >= 15 is 0 Å². The molecule has 1 fully saturated rings. The summed E-state index contributed by atoms with van der Waals surface area (Å²) in [6.45, 7) is 1.75. The largest absolute Gasteiger partial charge is 0.475 e. The highest BCUT2D eigenvalue weighted by Gasteiger charge is 2.29. The van der Waals surface area contributed by atoms with Crippen LogP contribution in [0.3, 0.4) is 0 Å². The van der Waals surface area contributed by atoms with Gasteiger partial charge in [-0.25, -0.2) is 15.0 Å².